The van der Waals surface area contributed by atoms with Crippen molar-refractivity contribution in [2.75, 3.05) is 13.2 Å². The predicted molar refractivity (Wildman–Crippen MR) is 223 cm³/mol. The van der Waals surface area contributed by atoms with E-state index in [0.717, 1.165) is 57.8 Å². The molecule has 0 aliphatic rings. The van der Waals surface area contributed by atoms with Crippen LogP contribution in [0.25, 0.3) is 0 Å². The van der Waals surface area contributed by atoms with Crippen molar-refractivity contribution in [3.05, 3.63) is 24.3 Å². The van der Waals surface area contributed by atoms with Crippen LogP contribution in [0.1, 0.15) is 232 Å². The molecule has 6 heteroatoms. The number of aliphatic hydroxyl groups excluding tert-OH is 2. The lowest BCUT2D eigenvalue weighted by Gasteiger charge is -2.20. The minimum absolute atomic E-state index is 0.0189. The number of carbonyl (C=O) groups excluding carboxylic acids is 2. The Kier molecular flexibility index (Phi) is 40.7. The second kappa shape index (κ2) is 42.1. The summed E-state index contributed by atoms with van der Waals surface area (Å²) >= 11 is 0. The molecule has 0 bridgehead atoms. The third-order valence-electron chi connectivity index (χ3n) is 10.2. The molecule has 2 atom stereocenters. The third kappa shape index (κ3) is 38.1. The topological polar surface area (TPSA) is 95.9 Å². The van der Waals surface area contributed by atoms with Crippen molar-refractivity contribution in [2.45, 2.75) is 244 Å². The van der Waals surface area contributed by atoms with Gasteiger partial charge in [-0.05, 0) is 51.4 Å². The fourth-order valence-electron chi connectivity index (χ4n) is 6.67. The molecule has 0 spiro atoms. The second-order valence-electron chi connectivity index (χ2n) is 15.4. The normalized spacial score (nSPS) is 12.9. The van der Waals surface area contributed by atoms with Gasteiger partial charge in [0.2, 0.25) is 5.91 Å². The van der Waals surface area contributed by atoms with Gasteiger partial charge in [-0.1, -0.05) is 192 Å². The first-order chi connectivity index (χ1) is 25.5. The quantitative estimate of drug-likeness (QED) is 0.0330. The maximum atomic E-state index is 12.4. The lowest BCUT2D eigenvalue weighted by Crippen LogP contribution is -2.45. The molecular weight excluding hydrogens is 647 g/mol. The van der Waals surface area contributed by atoms with Gasteiger partial charge in [-0.25, -0.2) is 0 Å². The van der Waals surface area contributed by atoms with Crippen LogP contribution < -0.4 is 5.32 Å². The summed E-state index contributed by atoms with van der Waals surface area (Å²) in [5, 5.41) is 22.9. The number of esters is 1. The molecule has 0 aliphatic carbocycles. The second-order valence-corrected chi connectivity index (χ2v) is 15.4. The Balaban J connectivity index is 3.50. The zero-order valence-electron chi connectivity index (χ0n) is 34.5. The van der Waals surface area contributed by atoms with Crippen molar-refractivity contribution in [1.29, 1.82) is 0 Å². The van der Waals surface area contributed by atoms with Gasteiger partial charge in [-0.3, -0.25) is 9.59 Å². The molecule has 6 nitrogen and oxygen atoms in total. The molecule has 0 radical (unpaired) electrons. The zero-order valence-corrected chi connectivity index (χ0v) is 34.5. The van der Waals surface area contributed by atoms with E-state index in [-0.39, 0.29) is 18.5 Å². The van der Waals surface area contributed by atoms with Crippen LogP contribution in [0.5, 0.6) is 0 Å². The fourth-order valence-corrected chi connectivity index (χ4v) is 6.67. The minimum atomic E-state index is -0.850. The summed E-state index contributed by atoms with van der Waals surface area (Å²) < 4.78 is 5.43. The van der Waals surface area contributed by atoms with E-state index in [1.54, 1.807) is 6.08 Å². The van der Waals surface area contributed by atoms with Gasteiger partial charge in [-0.2, -0.15) is 0 Å². The van der Waals surface area contributed by atoms with Gasteiger partial charge in [0.05, 0.1) is 25.4 Å². The highest BCUT2D eigenvalue weighted by molar-refractivity contribution is 5.76. The summed E-state index contributed by atoms with van der Waals surface area (Å²) in [5.41, 5.74) is 0. The highest BCUT2D eigenvalue weighted by atomic mass is 16.5. The summed E-state index contributed by atoms with van der Waals surface area (Å²) in [6.45, 7) is 4.81. The monoisotopic (exact) mass is 734 g/mol. The first-order valence-corrected chi connectivity index (χ1v) is 22.6. The lowest BCUT2D eigenvalue weighted by molar-refractivity contribution is -0.143. The SMILES string of the molecule is CCCC/C=C\CCCCCCCC(=O)OCCCCCCCCCCCCCCCC(=O)NC(CO)C(O)/C=C/CCCCCCCCCCC. The molecule has 0 aromatic heterocycles. The van der Waals surface area contributed by atoms with E-state index in [9.17, 15) is 19.8 Å². The molecule has 0 heterocycles. The number of rotatable bonds is 41. The standard InChI is InChI=1S/C46H87NO5/c1-3-5-7-9-11-13-18-22-26-30-34-38-44(49)43(42-48)47-45(50)39-35-31-27-23-20-16-15-17-21-25-29-33-37-41-52-46(51)40-36-32-28-24-19-14-12-10-8-6-4-2/h10,12,34,38,43-44,48-49H,3-9,11,13-33,35-37,39-42H2,1-2H3,(H,47,50)/b12-10-,38-34+. The summed E-state index contributed by atoms with van der Waals surface area (Å²) in [5.74, 6) is -0.103. The van der Waals surface area contributed by atoms with E-state index >= 15 is 0 Å². The van der Waals surface area contributed by atoms with Crippen molar-refractivity contribution in [1.82, 2.24) is 5.32 Å². The van der Waals surface area contributed by atoms with Crippen LogP contribution in [0.15, 0.2) is 24.3 Å². The molecule has 2 unspecified atom stereocenters. The van der Waals surface area contributed by atoms with Crippen molar-refractivity contribution < 1.29 is 24.5 Å². The fraction of sp³-hybridized carbons (Fsp3) is 0.870. The number of nitrogens with one attached hydrogen (secondary N) is 1. The van der Waals surface area contributed by atoms with Gasteiger partial charge in [-0.15, -0.1) is 0 Å². The summed E-state index contributed by atoms with van der Waals surface area (Å²) in [7, 11) is 0. The average molecular weight is 734 g/mol. The van der Waals surface area contributed by atoms with Crippen LogP contribution in [0, 0.1) is 0 Å². The van der Waals surface area contributed by atoms with E-state index in [0.29, 0.717) is 19.4 Å². The number of hydrogen-bond donors (Lipinski definition) is 3. The Labute approximate surface area is 322 Å². The van der Waals surface area contributed by atoms with Gasteiger partial charge in [0.25, 0.3) is 0 Å². The number of carbonyl (C=O) groups is 2. The molecule has 52 heavy (non-hydrogen) atoms. The Morgan fingerprint density at radius 1 is 0.519 bits per heavy atom. The Hall–Kier alpha value is -1.66. The number of hydrogen-bond acceptors (Lipinski definition) is 5. The summed E-state index contributed by atoms with van der Waals surface area (Å²) in [4.78, 5) is 24.3. The molecule has 3 N–H and O–H groups in total. The predicted octanol–water partition coefficient (Wildman–Crippen LogP) is 12.8. The molecular formula is C46H87NO5. The molecule has 0 fully saturated rings. The van der Waals surface area contributed by atoms with E-state index in [2.05, 4.69) is 31.3 Å². The Bertz CT molecular complexity index is 813. The largest absolute Gasteiger partial charge is 0.466 e. The first kappa shape index (κ1) is 50.3. The van der Waals surface area contributed by atoms with Gasteiger partial charge in [0.15, 0.2) is 0 Å². The number of unbranched alkanes of at least 4 members (excludes halogenated alkanes) is 28. The maximum Gasteiger partial charge on any atom is 0.305 e. The van der Waals surface area contributed by atoms with E-state index in [1.165, 1.54) is 148 Å². The average Bonchev–Trinajstić information content (AvgIpc) is 3.14. The van der Waals surface area contributed by atoms with E-state index in [4.69, 9.17) is 4.74 Å². The van der Waals surface area contributed by atoms with Gasteiger partial charge in [0.1, 0.15) is 0 Å². The van der Waals surface area contributed by atoms with Crippen LogP contribution >= 0.6 is 0 Å². The number of allylic oxidation sites excluding steroid dienone is 3. The van der Waals surface area contributed by atoms with Crippen LogP contribution in [-0.4, -0.2) is 47.4 Å². The molecule has 0 saturated carbocycles. The first-order valence-electron chi connectivity index (χ1n) is 22.6. The van der Waals surface area contributed by atoms with Crippen molar-refractivity contribution in [3.63, 3.8) is 0 Å². The maximum absolute atomic E-state index is 12.4. The van der Waals surface area contributed by atoms with Crippen LogP contribution in [0.2, 0.25) is 0 Å². The molecule has 1 amide bonds. The summed E-state index contributed by atoms with van der Waals surface area (Å²) in [6, 6.07) is -0.635. The smallest absolute Gasteiger partial charge is 0.305 e. The highest BCUT2D eigenvalue weighted by Crippen LogP contribution is 2.15. The molecule has 0 rings (SSSR count). The molecule has 0 aromatic carbocycles. The molecule has 0 saturated heterocycles. The van der Waals surface area contributed by atoms with Crippen LogP contribution in [0.4, 0.5) is 0 Å². The zero-order chi connectivity index (χ0) is 38.0. The van der Waals surface area contributed by atoms with Crippen LogP contribution in [0.3, 0.4) is 0 Å². The van der Waals surface area contributed by atoms with E-state index < -0.39 is 12.1 Å². The van der Waals surface area contributed by atoms with Crippen molar-refractivity contribution in [3.8, 4) is 0 Å². The third-order valence-corrected chi connectivity index (χ3v) is 10.2. The molecule has 306 valence electrons. The highest BCUT2D eigenvalue weighted by Gasteiger charge is 2.18. The van der Waals surface area contributed by atoms with Crippen molar-refractivity contribution in [2.24, 2.45) is 0 Å². The minimum Gasteiger partial charge on any atom is -0.466 e. The van der Waals surface area contributed by atoms with Gasteiger partial charge < -0.3 is 20.3 Å². The number of aliphatic hydroxyl groups is 2. The Morgan fingerprint density at radius 3 is 1.42 bits per heavy atom. The summed E-state index contributed by atoms with van der Waals surface area (Å²) in [6.07, 6.45) is 47.3. The van der Waals surface area contributed by atoms with Crippen molar-refractivity contribution >= 4 is 11.9 Å². The molecule has 0 aliphatic heterocycles. The van der Waals surface area contributed by atoms with Gasteiger partial charge >= 0.3 is 5.97 Å². The number of ether oxygens (including phenoxy) is 1. The van der Waals surface area contributed by atoms with Gasteiger partial charge in [0, 0.05) is 12.8 Å². The lowest BCUT2D eigenvalue weighted by atomic mass is 10.0. The Morgan fingerprint density at radius 2 is 0.923 bits per heavy atom. The van der Waals surface area contributed by atoms with E-state index in [1.807, 2.05) is 6.08 Å². The number of amides is 1. The molecule has 0 aromatic rings. The van der Waals surface area contributed by atoms with Crippen LogP contribution in [-0.2, 0) is 14.3 Å².